The summed E-state index contributed by atoms with van der Waals surface area (Å²) in [6, 6.07) is 4.78. The average Bonchev–Trinajstić information content (AvgIpc) is 2.46. The SMILES string of the molecule is CNC1CCCOc2c(C)ccc(C)c21. The standard InChI is InChI=1S/C13H19NO/c1-9-6-7-10(2)13-12(9)11(14-3)5-4-8-15-13/h6-7,11,14H,4-5,8H2,1-3H3. The quantitative estimate of drug-likeness (QED) is 0.761. The Bertz CT molecular complexity index is 360. The van der Waals surface area contributed by atoms with Crippen LogP contribution in [0.5, 0.6) is 5.75 Å². The van der Waals surface area contributed by atoms with Crippen LogP contribution in [0.1, 0.15) is 35.6 Å². The van der Waals surface area contributed by atoms with Crippen LogP contribution in [0.2, 0.25) is 0 Å². The van der Waals surface area contributed by atoms with Crippen molar-refractivity contribution >= 4 is 0 Å². The Morgan fingerprint density at radius 3 is 2.73 bits per heavy atom. The van der Waals surface area contributed by atoms with E-state index in [2.05, 4.69) is 31.3 Å². The molecule has 1 atom stereocenters. The van der Waals surface area contributed by atoms with Crippen LogP contribution in [0, 0.1) is 13.8 Å². The number of hydrogen-bond acceptors (Lipinski definition) is 2. The molecule has 1 aromatic carbocycles. The van der Waals surface area contributed by atoms with Crippen molar-refractivity contribution in [3.8, 4) is 5.75 Å². The third-order valence-electron chi connectivity index (χ3n) is 3.19. The van der Waals surface area contributed by atoms with E-state index in [1.165, 1.54) is 16.7 Å². The lowest BCUT2D eigenvalue weighted by Crippen LogP contribution is -2.16. The van der Waals surface area contributed by atoms with Gasteiger partial charge in [-0.25, -0.2) is 0 Å². The van der Waals surface area contributed by atoms with E-state index < -0.39 is 0 Å². The molecule has 0 amide bonds. The van der Waals surface area contributed by atoms with Gasteiger partial charge in [0.05, 0.1) is 6.61 Å². The fourth-order valence-electron chi connectivity index (χ4n) is 2.33. The number of nitrogens with one attached hydrogen (secondary N) is 1. The van der Waals surface area contributed by atoms with E-state index in [0.717, 1.165) is 25.2 Å². The van der Waals surface area contributed by atoms with E-state index >= 15 is 0 Å². The minimum atomic E-state index is 0.447. The molecule has 1 aliphatic heterocycles. The maximum absolute atomic E-state index is 5.85. The second-order valence-electron chi connectivity index (χ2n) is 4.27. The highest BCUT2D eigenvalue weighted by molar-refractivity contribution is 5.47. The molecule has 0 aliphatic carbocycles. The Morgan fingerprint density at radius 1 is 1.27 bits per heavy atom. The molecule has 0 aromatic heterocycles. The second kappa shape index (κ2) is 4.23. The van der Waals surface area contributed by atoms with Gasteiger partial charge in [-0.3, -0.25) is 0 Å². The van der Waals surface area contributed by atoms with Gasteiger partial charge in [0.2, 0.25) is 0 Å². The van der Waals surface area contributed by atoms with Crippen molar-refractivity contribution in [2.75, 3.05) is 13.7 Å². The number of fused-ring (bicyclic) bond motifs is 1. The minimum absolute atomic E-state index is 0.447. The zero-order valence-electron chi connectivity index (χ0n) is 9.76. The summed E-state index contributed by atoms with van der Waals surface area (Å²) in [7, 11) is 2.03. The summed E-state index contributed by atoms with van der Waals surface area (Å²) in [6.07, 6.45) is 2.28. The van der Waals surface area contributed by atoms with E-state index in [4.69, 9.17) is 4.74 Å². The number of hydrogen-bond donors (Lipinski definition) is 1. The van der Waals surface area contributed by atoms with Crippen LogP contribution in [0.15, 0.2) is 12.1 Å². The molecule has 15 heavy (non-hydrogen) atoms. The van der Waals surface area contributed by atoms with Crippen LogP contribution in [-0.4, -0.2) is 13.7 Å². The lowest BCUT2D eigenvalue weighted by molar-refractivity contribution is 0.313. The fraction of sp³-hybridized carbons (Fsp3) is 0.538. The van der Waals surface area contributed by atoms with E-state index in [1.54, 1.807) is 0 Å². The molecule has 2 heteroatoms. The van der Waals surface area contributed by atoms with Gasteiger partial charge in [-0.05, 0) is 44.9 Å². The van der Waals surface area contributed by atoms with Crippen molar-refractivity contribution in [1.29, 1.82) is 0 Å². The third-order valence-corrected chi connectivity index (χ3v) is 3.19. The van der Waals surface area contributed by atoms with Gasteiger partial charge in [0.15, 0.2) is 0 Å². The molecular weight excluding hydrogens is 186 g/mol. The zero-order valence-corrected chi connectivity index (χ0v) is 9.76. The summed E-state index contributed by atoms with van der Waals surface area (Å²) in [5.74, 6) is 1.10. The molecule has 0 saturated heterocycles. The van der Waals surface area contributed by atoms with Crippen molar-refractivity contribution in [2.24, 2.45) is 0 Å². The van der Waals surface area contributed by atoms with Crippen molar-refractivity contribution in [3.05, 3.63) is 28.8 Å². The molecule has 2 nitrogen and oxygen atoms in total. The third kappa shape index (κ3) is 1.86. The highest BCUT2D eigenvalue weighted by Gasteiger charge is 2.21. The summed E-state index contributed by atoms with van der Waals surface area (Å²) in [4.78, 5) is 0. The minimum Gasteiger partial charge on any atom is -0.493 e. The molecule has 1 unspecified atom stereocenters. The predicted molar refractivity (Wildman–Crippen MR) is 62.4 cm³/mol. The van der Waals surface area contributed by atoms with Crippen LogP contribution in [0.25, 0.3) is 0 Å². The molecule has 1 aromatic rings. The maximum atomic E-state index is 5.85. The molecule has 82 valence electrons. The lowest BCUT2D eigenvalue weighted by Gasteiger charge is -2.19. The molecule has 0 radical (unpaired) electrons. The molecule has 1 N–H and O–H groups in total. The molecule has 0 saturated carbocycles. The molecule has 2 rings (SSSR count). The molecular formula is C13H19NO. The van der Waals surface area contributed by atoms with Crippen molar-refractivity contribution < 1.29 is 4.74 Å². The van der Waals surface area contributed by atoms with Crippen molar-refractivity contribution in [1.82, 2.24) is 5.32 Å². The summed E-state index contributed by atoms with van der Waals surface area (Å²) in [6.45, 7) is 5.13. The topological polar surface area (TPSA) is 21.3 Å². The van der Waals surface area contributed by atoms with E-state index in [0.29, 0.717) is 6.04 Å². The van der Waals surface area contributed by atoms with Crippen LogP contribution in [-0.2, 0) is 0 Å². The van der Waals surface area contributed by atoms with Crippen LogP contribution >= 0.6 is 0 Å². The monoisotopic (exact) mass is 205 g/mol. The first-order valence-corrected chi connectivity index (χ1v) is 5.64. The van der Waals surface area contributed by atoms with Gasteiger partial charge in [-0.15, -0.1) is 0 Å². The summed E-state index contributed by atoms with van der Waals surface area (Å²) in [5, 5.41) is 3.39. The van der Waals surface area contributed by atoms with Gasteiger partial charge in [-0.2, -0.15) is 0 Å². The van der Waals surface area contributed by atoms with E-state index in [9.17, 15) is 0 Å². The smallest absolute Gasteiger partial charge is 0.127 e. The Morgan fingerprint density at radius 2 is 2.00 bits per heavy atom. The maximum Gasteiger partial charge on any atom is 0.127 e. The Kier molecular flexibility index (Phi) is 2.96. The van der Waals surface area contributed by atoms with Gasteiger partial charge in [0.1, 0.15) is 5.75 Å². The number of ether oxygens (including phenoxy) is 1. The summed E-state index contributed by atoms with van der Waals surface area (Å²) < 4.78 is 5.85. The highest BCUT2D eigenvalue weighted by Crippen LogP contribution is 2.36. The van der Waals surface area contributed by atoms with Gasteiger partial charge >= 0.3 is 0 Å². The molecule has 0 bridgehead atoms. The first-order chi connectivity index (χ1) is 7.24. The molecule has 0 fully saturated rings. The Labute approximate surface area is 91.6 Å². The van der Waals surface area contributed by atoms with Gasteiger partial charge < -0.3 is 10.1 Å². The predicted octanol–water partition coefficient (Wildman–Crippen LogP) is 2.74. The molecule has 1 aliphatic rings. The number of rotatable bonds is 1. The second-order valence-corrected chi connectivity index (χ2v) is 4.27. The number of aryl methyl sites for hydroxylation is 2. The number of benzene rings is 1. The van der Waals surface area contributed by atoms with Crippen molar-refractivity contribution in [3.63, 3.8) is 0 Å². The van der Waals surface area contributed by atoms with Crippen LogP contribution in [0.3, 0.4) is 0 Å². The normalized spacial score (nSPS) is 20.3. The first-order valence-electron chi connectivity index (χ1n) is 5.64. The Balaban J connectivity index is 2.54. The fourth-order valence-corrected chi connectivity index (χ4v) is 2.33. The van der Waals surface area contributed by atoms with Gasteiger partial charge in [0.25, 0.3) is 0 Å². The van der Waals surface area contributed by atoms with Crippen LogP contribution in [0.4, 0.5) is 0 Å². The van der Waals surface area contributed by atoms with Gasteiger partial charge in [0, 0.05) is 11.6 Å². The van der Waals surface area contributed by atoms with E-state index in [1.807, 2.05) is 7.05 Å². The lowest BCUT2D eigenvalue weighted by atomic mass is 9.95. The van der Waals surface area contributed by atoms with Crippen LogP contribution < -0.4 is 10.1 Å². The highest BCUT2D eigenvalue weighted by atomic mass is 16.5. The molecule has 0 spiro atoms. The summed E-state index contributed by atoms with van der Waals surface area (Å²) in [5.41, 5.74) is 3.93. The average molecular weight is 205 g/mol. The summed E-state index contributed by atoms with van der Waals surface area (Å²) >= 11 is 0. The largest absolute Gasteiger partial charge is 0.493 e. The molecule has 1 heterocycles. The zero-order chi connectivity index (χ0) is 10.8. The van der Waals surface area contributed by atoms with E-state index in [-0.39, 0.29) is 0 Å². The van der Waals surface area contributed by atoms with Crippen molar-refractivity contribution in [2.45, 2.75) is 32.7 Å². The Hall–Kier alpha value is -1.02. The van der Waals surface area contributed by atoms with Gasteiger partial charge in [-0.1, -0.05) is 12.1 Å². The first kappa shape index (κ1) is 10.5.